The predicted molar refractivity (Wildman–Crippen MR) is 71.5 cm³/mol. The maximum Gasteiger partial charge on any atom is 0.352 e. The van der Waals surface area contributed by atoms with Crippen LogP contribution in [0.3, 0.4) is 0 Å². The highest BCUT2D eigenvalue weighted by Crippen LogP contribution is 2.40. The van der Waals surface area contributed by atoms with Crippen molar-refractivity contribution in [3.05, 3.63) is 23.9 Å². The van der Waals surface area contributed by atoms with Gasteiger partial charge in [-0.15, -0.1) is 11.8 Å². The molecule has 0 aromatic rings. The van der Waals surface area contributed by atoms with E-state index in [1.165, 1.54) is 24.8 Å². The van der Waals surface area contributed by atoms with Gasteiger partial charge in [0.25, 0.3) is 0 Å². The summed E-state index contributed by atoms with van der Waals surface area (Å²) in [5.41, 5.74) is 5.82. The van der Waals surface area contributed by atoms with Crippen molar-refractivity contribution in [2.45, 2.75) is 24.4 Å². The first-order valence-electron chi connectivity index (χ1n) is 5.84. The number of β-lactam (4-membered cyclic amide) rings is 1. The number of amides is 1. The van der Waals surface area contributed by atoms with Gasteiger partial charge in [0.05, 0.1) is 0 Å². The van der Waals surface area contributed by atoms with Crippen LogP contribution in [0.15, 0.2) is 23.9 Å². The SMILES string of the molecule is C=CC(OC(C)=O)C1=C(C(=O)O)N2C(=O)[C@@H](N)[C@H]2SC1. The third kappa shape index (κ3) is 2.20. The van der Waals surface area contributed by atoms with Crippen molar-refractivity contribution in [1.29, 1.82) is 0 Å². The fourth-order valence-electron chi connectivity index (χ4n) is 2.20. The van der Waals surface area contributed by atoms with Crippen LogP contribution in [-0.4, -0.2) is 51.1 Å². The van der Waals surface area contributed by atoms with Crippen LogP contribution < -0.4 is 5.73 Å². The van der Waals surface area contributed by atoms with Crippen LogP contribution >= 0.6 is 11.8 Å². The average molecular weight is 298 g/mol. The number of aliphatic carboxylic acids is 1. The number of esters is 1. The van der Waals surface area contributed by atoms with Gasteiger partial charge in [0, 0.05) is 18.2 Å². The van der Waals surface area contributed by atoms with Gasteiger partial charge in [-0.05, 0) is 6.08 Å². The Morgan fingerprint density at radius 2 is 2.30 bits per heavy atom. The molecule has 3 atom stereocenters. The Morgan fingerprint density at radius 1 is 1.65 bits per heavy atom. The molecule has 0 radical (unpaired) electrons. The summed E-state index contributed by atoms with van der Waals surface area (Å²) in [6.45, 7) is 4.76. The maximum absolute atomic E-state index is 11.7. The van der Waals surface area contributed by atoms with E-state index in [9.17, 15) is 19.5 Å². The second-order valence-electron chi connectivity index (χ2n) is 4.38. The average Bonchev–Trinajstić information content (AvgIpc) is 2.41. The lowest BCUT2D eigenvalue weighted by molar-refractivity contribution is -0.148. The van der Waals surface area contributed by atoms with E-state index in [2.05, 4.69) is 6.58 Å². The minimum absolute atomic E-state index is 0.161. The van der Waals surface area contributed by atoms with E-state index in [0.29, 0.717) is 11.3 Å². The molecule has 0 saturated carbocycles. The summed E-state index contributed by atoms with van der Waals surface area (Å²) >= 11 is 1.34. The van der Waals surface area contributed by atoms with Gasteiger partial charge in [0.1, 0.15) is 23.2 Å². The van der Waals surface area contributed by atoms with Gasteiger partial charge < -0.3 is 15.6 Å². The largest absolute Gasteiger partial charge is 0.477 e. The molecule has 0 aromatic carbocycles. The van der Waals surface area contributed by atoms with Crippen LogP contribution in [0.5, 0.6) is 0 Å². The van der Waals surface area contributed by atoms with Crippen molar-refractivity contribution in [1.82, 2.24) is 4.90 Å². The normalized spacial score (nSPS) is 26.5. The highest BCUT2D eigenvalue weighted by atomic mass is 32.2. The van der Waals surface area contributed by atoms with E-state index in [0.717, 1.165) is 4.90 Å². The number of nitrogens with zero attached hydrogens (tertiary/aromatic N) is 1. The molecule has 2 aliphatic rings. The van der Waals surface area contributed by atoms with E-state index < -0.39 is 30.0 Å². The van der Waals surface area contributed by atoms with Gasteiger partial charge in [-0.3, -0.25) is 14.5 Å². The first-order chi connectivity index (χ1) is 9.38. The number of thioether (sulfide) groups is 1. The van der Waals surface area contributed by atoms with Crippen LogP contribution in [0, 0.1) is 0 Å². The Balaban J connectivity index is 2.41. The number of rotatable bonds is 4. The summed E-state index contributed by atoms with van der Waals surface area (Å²) in [6, 6.07) is -0.688. The fourth-order valence-corrected chi connectivity index (χ4v) is 3.53. The second kappa shape index (κ2) is 5.29. The topological polar surface area (TPSA) is 110 Å². The van der Waals surface area contributed by atoms with Gasteiger partial charge in [-0.1, -0.05) is 6.58 Å². The van der Waals surface area contributed by atoms with E-state index in [4.69, 9.17) is 10.5 Å². The Kier molecular flexibility index (Phi) is 3.87. The number of hydrogen-bond acceptors (Lipinski definition) is 6. The zero-order valence-electron chi connectivity index (χ0n) is 10.7. The Morgan fingerprint density at radius 3 is 2.80 bits per heavy atom. The van der Waals surface area contributed by atoms with Gasteiger partial charge >= 0.3 is 11.9 Å². The monoisotopic (exact) mass is 298 g/mol. The van der Waals surface area contributed by atoms with Gasteiger partial charge in [0.2, 0.25) is 5.91 Å². The number of carbonyl (C=O) groups is 3. The molecule has 0 aliphatic carbocycles. The first kappa shape index (κ1) is 14.6. The third-order valence-electron chi connectivity index (χ3n) is 3.09. The molecule has 2 aliphatic heterocycles. The van der Waals surface area contributed by atoms with Crippen LogP contribution in [-0.2, 0) is 19.1 Å². The number of hydrogen-bond donors (Lipinski definition) is 2. The summed E-state index contributed by atoms with van der Waals surface area (Å²) in [4.78, 5) is 35.4. The lowest BCUT2D eigenvalue weighted by Gasteiger charge is -2.48. The summed E-state index contributed by atoms with van der Waals surface area (Å²) in [6.07, 6.45) is 0.474. The molecule has 0 aromatic heterocycles. The molecule has 2 heterocycles. The van der Waals surface area contributed by atoms with Crippen molar-refractivity contribution in [3.63, 3.8) is 0 Å². The molecule has 3 N–H and O–H groups in total. The predicted octanol–water partition coefficient (Wildman–Crippen LogP) is -0.315. The number of ether oxygens (including phenoxy) is 1. The number of carboxylic acids is 1. The van der Waals surface area contributed by atoms with Crippen LogP contribution in [0.4, 0.5) is 0 Å². The van der Waals surface area contributed by atoms with Gasteiger partial charge in [0.15, 0.2) is 0 Å². The van der Waals surface area contributed by atoms with Crippen molar-refractivity contribution < 1.29 is 24.2 Å². The minimum atomic E-state index is -1.25. The van der Waals surface area contributed by atoms with Crippen LogP contribution in [0.2, 0.25) is 0 Å². The van der Waals surface area contributed by atoms with Gasteiger partial charge in [-0.2, -0.15) is 0 Å². The second-order valence-corrected chi connectivity index (χ2v) is 5.49. The van der Waals surface area contributed by atoms with Crippen molar-refractivity contribution in [2.24, 2.45) is 5.73 Å². The molecule has 0 bridgehead atoms. The highest BCUT2D eigenvalue weighted by Gasteiger charge is 2.52. The smallest absolute Gasteiger partial charge is 0.352 e. The fraction of sp³-hybridized carbons (Fsp3) is 0.417. The van der Waals surface area contributed by atoms with Crippen LogP contribution in [0.25, 0.3) is 0 Å². The first-order valence-corrected chi connectivity index (χ1v) is 6.89. The summed E-state index contributed by atoms with van der Waals surface area (Å²) < 4.78 is 5.03. The molecular formula is C12H14N2O5S. The minimum Gasteiger partial charge on any atom is -0.477 e. The molecule has 1 amide bonds. The molecule has 2 rings (SSSR count). The van der Waals surface area contributed by atoms with E-state index in [1.54, 1.807) is 0 Å². The molecule has 1 fully saturated rings. The van der Waals surface area contributed by atoms with E-state index >= 15 is 0 Å². The lowest BCUT2D eigenvalue weighted by atomic mass is 10.0. The zero-order valence-corrected chi connectivity index (χ0v) is 11.6. The third-order valence-corrected chi connectivity index (χ3v) is 4.42. The molecule has 1 saturated heterocycles. The number of nitrogens with two attached hydrogens (primary N) is 1. The standard InChI is InChI=1S/C12H14N2O5S/c1-3-7(19-5(2)15)6-4-20-11-8(13)10(16)14(11)9(6)12(17)18/h3,7-8,11H,1,4,13H2,2H3,(H,17,18)/t7?,8-,11-/m1/s1. The molecule has 1 unspecified atom stereocenters. The number of carbonyl (C=O) groups excluding carboxylic acids is 2. The molecule has 7 nitrogen and oxygen atoms in total. The Bertz CT molecular complexity index is 530. The molecule has 0 spiro atoms. The number of carboxylic acid groups (broad SMARTS) is 1. The molecular weight excluding hydrogens is 284 g/mol. The summed E-state index contributed by atoms with van der Waals surface area (Å²) in [5, 5.41) is 8.96. The number of fused-ring (bicyclic) bond motifs is 1. The van der Waals surface area contributed by atoms with Gasteiger partial charge in [-0.25, -0.2) is 4.79 Å². The molecule has 108 valence electrons. The lowest BCUT2D eigenvalue weighted by Crippen LogP contribution is -2.68. The van der Waals surface area contributed by atoms with Crippen LogP contribution in [0.1, 0.15) is 6.92 Å². The van der Waals surface area contributed by atoms with Crippen molar-refractivity contribution in [3.8, 4) is 0 Å². The maximum atomic E-state index is 11.7. The Labute approximate surface area is 119 Å². The van der Waals surface area contributed by atoms with E-state index in [1.807, 2.05) is 0 Å². The quantitative estimate of drug-likeness (QED) is 0.416. The summed E-state index contributed by atoms with van der Waals surface area (Å²) in [7, 11) is 0. The molecule has 8 heteroatoms. The highest BCUT2D eigenvalue weighted by molar-refractivity contribution is 8.00. The van der Waals surface area contributed by atoms with Crippen molar-refractivity contribution >= 4 is 29.6 Å². The van der Waals surface area contributed by atoms with E-state index in [-0.39, 0.29) is 11.1 Å². The zero-order chi connectivity index (χ0) is 15.0. The van der Waals surface area contributed by atoms with Crippen molar-refractivity contribution in [2.75, 3.05) is 5.75 Å². The molecule has 20 heavy (non-hydrogen) atoms. The summed E-state index contributed by atoms with van der Waals surface area (Å²) in [5.74, 6) is -1.92. The Hall–Kier alpha value is -1.80.